The van der Waals surface area contributed by atoms with Crippen molar-refractivity contribution < 1.29 is 4.39 Å². The molecule has 1 N–H and O–H groups in total. The van der Waals surface area contributed by atoms with Gasteiger partial charge < -0.3 is 5.32 Å². The Morgan fingerprint density at radius 1 is 1.15 bits per heavy atom. The van der Waals surface area contributed by atoms with Gasteiger partial charge >= 0.3 is 0 Å². The summed E-state index contributed by atoms with van der Waals surface area (Å²) in [7, 11) is 0. The SMILES string of the molecule is CC(C)(C)NCc1cccc(F)c1Sc1ncccn1. The Morgan fingerprint density at radius 3 is 2.50 bits per heavy atom. The second-order valence-corrected chi connectivity index (χ2v) is 6.44. The Hall–Kier alpha value is -1.46. The minimum Gasteiger partial charge on any atom is -0.308 e. The Morgan fingerprint density at radius 2 is 1.85 bits per heavy atom. The molecule has 2 aromatic rings. The number of hydrogen-bond donors (Lipinski definition) is 1. The zero-order valence-electron chi connectivity index (χ0n) is 11.9. The number of aromatic nitrogens is 2. The summed E-state index contributed by atoms with van der Waals surface area (Å²) in [6.07, 6.45) is 3.31. The third-order valence-electron chi connectivity index (χ3n) is 2.59. The molecule has 0 atom stereocenters. The number of benzene rings is 1. The minimum atomic E-state index is -0.240. The van der Waals surface area contributed by atoms with Gasteiger partial charge in [-0.25, -0.2) is 14.4 Å². The van der Waals surface area contributed by atoms with Crippen LogP contribution in [0.25, 0.3) is 0 Å². The maximum atomic E-state index is 14.1. The summed E-state index contributed by atoms with van der Waals surface area (Å²) in [4.78, 5) is 8.84. The van der Waals surface area contributed by atoms with Crippen molar-refractivity contribution in [3.05, 3.63) is 48.0 Å². The van der Waals surface area contributed by atoms with Crippen molar-refractivity contribution >= 4 is 11.8 Å². The second-order valence-electron chi connectivity index (χ2n) is 5.47. The van der Waals surface area contributed by atoms with E-state index in [1.807, 2.05) is 6.07 Å². The van der Waals surface area contributed by atoms with Crippen LogP contribution in [0.5, 0.6) is 0 Å². The Kier molecular flexibility index (Phi) is 4.73. The predicted octanol–water partition coefficient (Wildman–Crippen LogP) is 3.66. The molecule has 0 spiro atoms. The van der Waals surface area contributed by atoms with Crippen LogP contribution in [-0.2, 0) is 6.54 Å². The normalized spacial score (nSPS) is 11.6. The molecule has 5 heteroatoms. The fraction of sp³-hybridized carbons (Fsp3) is 0.333. The largest absolute Gasteiger partial charge is 0.308 e. The number of nitrogens with one attached hydrogen (secondary N) is 1. The molecule has 0 amide bonds. The summed E-state index contributed by atoms with van der Waals surface area (Å²) >= 11 is 1.25. The molecule has 2 rings (SSSR count). The van der Waals surface area contributed by atoms with Gasteiger partial charge in [-0.15, -0.1) is 0 Å². The molecule has 3 nitrogen and oxygen atoms in total. The predicted molar refractivity (Wildman–Crippen MR) is 79.1 cm³/mol. The van der Waals surface area contributed by atoms with E-state index in [4.69, 9.17) is 0 Å². The molecular weight excluding hydrogens is 273 g/mol. The monoisotopic (exact) mass is 291 g/mol. The zero-order chi connectivity index (χ0) is 14.6. The molecule has 0 aliphatic rings. The van der Waals surface area contributed by atoms with E-state index >= 15 is 0 Å². The van der Waals surface area contributed by atoms with Crippen molar-refractivity contribution in [3.8, 4) is 0 Å². The number of nitrogens with zero attached hydrogens (tertiary/aromatic N) is 2. The molecule has 0 bridgehead atoms. The van der Waals surface area contributed by atoms with Crippen LogP contribution in [-0.4, -0.2) is 15.5 Å². The van der Waals surface area contributed by atoms with E-state index in [0.717, 1.165) is 5.56 Å². The van der Waals surface area contributed by atoms with Crippen LogP contribution in [0.1, 0.15) is 26.3 Å². The maximum absolute atomic E-state index is 14.1. The summed E-state index contributed by atoms with van der Waals surface area (Å²) in [6, 6.07) is 6.86. The second kappa shape index (κ2) is 6.33. The average Bonchev–Trinajstić information content (AvgIpc) is 2.40. The number of rotatable bonds is 4. The Balaban J connectivity index is 2.22. The lowest BCUT2D eigenvalue weighted by Crippen LogP contribution is -2.35. The van der Waals surface area contributed by atoms with Crippen molar-refractivity contribution in [3.63, 3.8) is 0 Å². The first-order valence-electron chi connectivity index (χ1n) is 6.43. The van der Waals surface area contributed by atoms with Gasteiger partial charge in [0.05, 0.1) is 4.90 Å². The average molecular weight is 291 g/mol. The molecule has 0 aliphatic heterocycles. The summed E-state index contributed by atoms with van der Waals surface area (Å²) in [5, 5.41) is 3.92. The van der Waals surface area contributed by atoms with Crippen LogP contribution in [0, 0.1) is 5.82 Å². The Bertz CT molecular complexity index is 567. The van der Waals surface area contributed by atoms with Crippen molar-refractivity contribution in [1.29, 1.82) is 0 Å². The smallest absolute Gasteiger partial charge is 0.192 e. The van der Waals surface area contributed by atoms with E-state index in [9.17, 15) is 4.39 Å². The molecule has 1 aromatic heterocycles. The van der Waals surface area contributed by atoms with E-state index < -0.39 is 0 Å². The summed E-state index contributed by atoms with van der Waals surface area (Å²) in [6.45, 7) is 6.86. The highest BCUT2D eigenvalue weighted by molar-refractivity contribution is 7.99. The van der Waals surface area contributed by atoms with Gasteiger partial charge in [0.15, 0.2) is 5.16 Å². The summed E-state index contributed by atoms with van der Waals surface area (Å²) in [5.41, 5.74) is 0.898. The van der Waals surface area contributed by atoms with Gasteiger partial charge in [0.1, 0.15) is 5.82 Å². The van der Waals surface area contributed by atoms with Crippen molar-refractivity contribution in [2.75, 3.05) is 0 Å². The van der Waals surface area contributed by atoms with Crippen molar-refractivity contribution in [2.24, 2.45) is 0 Å². The molecule has 0 fully saturated rings. The number of hydrogen-bond acceptors (Lipinski definition) is 4. The summed E-state index contributed by atoms with van der Waals surface area (Å²) < 4.78 is 14.1. The third-order valence-corrected chi connectivity index (χ3v) is 3.65. The Labute approximate surface area is 123 Å². The van der Waals surface area contributed by atoms with Crippen LogP contribution < -0.4 is 5.32 Å². The molecule has 1 heterocycles. The van der Waals surface area contributed by atoms with Gasteiger partial charge in [-0.3, -0.25) is 0 Å². The zero-order valence-corrected chi connectivity index (χ0v) is 12.7. The minimum absolute atomic E-state index is 0.0164. The van der Waals surface area contributed by atoms with Gasteiger partial charge in [0.2, 0.25) is 0 Å². The quantitative estimate of drug-likeness (QED) is 0.873. The third kappa shape index (κ3) is 4.28. The first-order valence-corrected chi connectivity index (χ1v) is 7.25. The van der Waals surface area contributed by atoms with Gasteiger partial charge in [-0.05, 0) is 50.2 Å². The van der Waals surface area contributed by atoms with E-state index in [1.165, 1.54) is 17.8 Å². The van der Waals surface area contributed by atoms with Crippen molar-refractivity contribution in [1.82, 2.24) is 15.3 Å². The molecule has 106 valence electrons. The fourth-order valence-electron chi connectivity index (χ4n) is 1.60. The maximum Gasteiger partial charge on any atom is 0.192 e. The van der Waals surface area contributed by atoms with E-state index in [-0.39, 0.29) is 11.4 Å². The van der Waals surface area contributed by atoms with E-state index in [1.54, 1.807) is 24.5 Å². The first kappa shape index (κ1) is 14.9. The van der Waals surface area contributed by atoms with E-state index in [0.29, 0.717) is 16.6 Å². The lowest BCUT2D eigenvalue weighted by molar-refractivity contribution is 0.421. The molecule has 0 saturated heterocycles. The van der Waals surface area contributed by atoms with Crippen molar-refractivity contribution in [2.45, 2.75) is 42.9 Å². The first-order chi connectivity index (χ1) is 9.46. The molecule has 1 aromatic carbocycles. The topological polar surface area (TPSA) is 37.8 Å². The fourth-order valence-corrected chi connectivity index (χ4v) is 2.44. The highest BCUT2D eigenvalue weighted by atomic mass is 32.2. The number of halogens is 1. The van der Waals surface area contributed by atoms with Crippen LogP contribution in [0.4, 0.5) is 4.39 Å². The lowest BCUT2D eigenvalue weighted by atomic mass is 10.1. The van der Waals surface area contributed by atoms with Gasteiger partial charge in [0, 0.05) is 24.5 Å². The van der Waals surface area contributed by atoms with E-state index in [2.05, 4.69) is 36.1 Å². The summed E-state index contributed by atoms with van der Waals surface area (Å²) in [5.74, 6) is -0.240. The molecule has 0 saturated carbocycles. The van der Waals surface area contributed by atoms with Gasteiger partial charge in [0.25, 0.3) is 0 Å². The van der Waals surface area contributed by atoms with Gasteiger partial charge in [-0.1, -0.05) is 12.1 Å². The standard InChI is InChI=1S/C15H18FN3S/c1-15(2,3)19-10-11-6-4-7-12(16)13(11)20-14-17-8-5-9-18-14/h4-9,19H,10H2,1-3H3. The molecule has 0 aliphatic carbocycles. The van der Waals surface area contributed by atoms with Crippen LogP contribution in [0.2, 0.25) is 0 Å². The lowest BCUT2D eigenvalue weighted by Gasteiger charge is -2.21. The van der Waals surface area contributed by atoms with Gasteiger partial charge in [-0.2, -0.15) is 0 Å². The van der Waals surface area contributed by atoms with Crippen LogP contribution in [0.15, 0.2) is 46.7 Å². The molecular formula is C15H18FN3S. The highest BCUT2D eigenvalue weighted by Gasteiger charge is 2.14. The molecule has 0 radical (unpaired) electrons. The highest BCUT2D eigenvalue weighted by Crippen LogP contribution is 2.30. The van der Waals surface area contributed by atoms with Crippen LogP contribution in [0.3, 0.4) is 0 Å². The van der Waals surface area contributed by atoms with Crippen LogP contribution >= 0.6 is 11.8 Å². The molecule has 0 unspecified atom stereocenters. The molecule has 20 heavy (non-hydrogen) atoms.